The maximum absolute atomic E-state index is 11.9. The van der Waals surface area contributed by atoms with E-state index in [1.54, 1.807) is 24.3 Å². The fraction of sp³-hybridized carbons (Fsp3) is 0.250. The molecule has 2 aliphatic heterocycles. The van der Waals surface area contributed by atoms with Crippen LogP contribution in [0.1, 0.15) is 11.1 Å². The molecule has 0 radical (unpaired) electrons. The molecule has 10 heteroatoms. The second-order valence-electron chi connectivity index (χ2n) is 5.89. The second-order valence-corrected chi connectivity index (χ2v) is 5.89. The number of likely N-dealkylation sites (N-methyl/N-ethyl adjacent to an activating group) is 2. The van der Waals surface area contributed by atoms with Crippen molar-refractivity contribution in [3.8, 4) is 0 Å². The van der Waals surface area contributed by atoms with E-state index in [9.17, 15) is 28.8 Å². The van der Waals surface area contributed by atoms with Crippen molar-refractivity contribution < 1.29 is 28.8 Å². The van der Waals surface area contributed by atoms with Crippen molar-refractivity contribution in [3.05, 3.63) is 35.4 Å². The third kappa shape index (κ3) is 2.61. The smallest absolute Gasteiger partial charge is 0.263 e. The molecule has 26 heavy (non-hydrogen) atoms. The Morgan fingerprint density at radius 3 is 1.12 bits per heavy atom. The molecular formula is C16H14N4O6. The Bertz CT molecular complexity index is 791. The molecule has 1 aromatic carbocycles. The van der Waals surface area contributed by atoms with Gasteiger partial charge in [0.2, 0.25) is 0 Å². The molecule has 3 rings (SSSR count). The van der Waals surface area contributed by atoms with Gasteiger partial charge in [0.1, 0.15) is 0 Å². The summed E-state index contributed by atoms with van der Waals surface area (Å²) >= 11 is 0. The van der Waals surface area contributed by atoms with E-state index in [0.717, 1.165) is 19.6 Å². The minimum Gasteiger partial charge on any atom is -0.263 e. The largest absolute Gasteiger partial charge is 0.334 e. The van der Waals surface area contributed by atoms with Crippen LogP contribution in [0.3, 0.4) is 0 Å². The number of benzene rings is 1. The Morgan fingerprint density at radius 2 is 0.885 bits per heavy atom. The summed E-state index contributed by atoms with van der Waals surface area (Å²) in [5, 5.41) is 0. The van der Waals surface area contributed by atoms with Gasteiger partial charge in [0.25, 0.3) is 0 Å². The van der Waals surface area contributed by atoms with E-state index in [0.29, 0.717) is 11.1 Å². The van der Waals surface area contributed by atoms with E-state index in [1.807, 2.05) is 0 Å². The first kappa shape index (κ1) is 17.3. The lowest BCUT2D eigenvalue weighted by atomic mass is 10.1. The van der Waals surface area contributed by atoms with Gasteiger partial charge in [0, 0.05) is 14.1 Å². The molecule has 134 valence electrons. The van der Waals surface area contributed by atoms with Crippen LogP contribution in [-0.2, 0) is 32.3 Å². The Labute approximate surface area is 147 Å². The minimum atomic E-state index is -0.892. The normalized spacial score (nSPS) is 18.1. The van der Waals surface area contributed by atoms with Crippen molar-refractivity contribution in [2.75, 3.05) is 14.1 Å². The van der Waals surface area contributed by atoms with Crippen LogP contribution in [0, 0.1) is 0 Å². The van der Waals surface area contributed by atoms with Crippen LogP contribution in [0.2, 0.25) is 0 Å². The molecule has 1 aromatic rings. The van der Waals surface area contributed by atoms with E-state index >= 15 is 0 Å². The lowest BCUT2D eigenvalue weighted by molar-refractivity contribution is -0.143. The number of amides is 8. The molecule has 0 atom stereocenters. The number of urea groups is 2. The highest BCUT2D eigenvalue weighted by atomic mass is 16.2. The minimum absolute atomic E-state index is 0.0726. The quantitative estimate of drug-likeness (QED) is 0.531. The van der Waals surface area contributed by atoms with Gasteiger partial charge in [-0.2, -0.15) is 0 Å². The fourth-order valence-electron chi connectivity index (χ4n) is 2.62. The van der Waals surface area contributed by atoms with Crippen LogP contribution < -0.4 is 0 Å². The van der Waals surface area contributed by atoms with Crippen LogP contribution in [0.25, 0.3) is 0 Å². The molecule has 0 aliphatic carbocycles. The zero-order chi connectivity index (χ0) is 19.2. The summed E-state index contributed by atoms with van der Waals surface area (Å²) in [7, 11) is 2.46. The van der Waals surface area contributed by atoms with E-state index in [1.165, 1.54) is 14.1 Å². The first-order valence-electron chi connectivity index (χ1n) is 7.57. The van der Waals surface area contributed by atoms with Crippen molar-refractivity contribution in [1.29, 1.82) is 0 Å². The first-order chi connectivity index (χ1) is 12.2. The molecule has 10 nitrogen and oxygen atoms in total. The van der Waals surface area contributed by atoms with E-state index in [4.69, 9.17) is 0 Å². The Kier molecular flexibility index (Phi) is 4.03. The van der Waals surface area contributed by atoms with Crippen LogP contribution in [0.5, 0.6) is 0 Å². The third-order valence-corrected chi connectivity index (χ3v) is 4.21. The SMILES string of the molecule is CN1C(=O)C(=O)N(Cc2ccc(CN3C(=O)C(=O)N(C)C3=O)cc2)C1=O. The highest BCUT2D eigenvalue weighted by molar-refractivity contribution is 6.45. The number of imide groups is 4. The predicted molar refractivity (Wildman–Crippen MR) is 83.9 cm³/mol. The molecule has 0 unspecified atom stereocenters. The third-order valence-electron chi connectivity index (χ3n) is 4.21. The number of carbonyl (C=O) groups is 6. The van der Waals surface area contributed by atoms with Crippen molar-refractivity contribution in [2.45, 2.75) is 13.1 Å². The summed E-state index contributed by atoms with van der Waals surface area (Å²) in [5.74, 6) is -3.55. The number of carbonyl (C=O) groups excluding carboxylic acids is 6. The van der Waals surface area contributed by atoms with Crippen molar-refractivity contribution in [1.82, 2.24) is 19.6 Å². The maximum Gasteiger partial charge on any atom is 0.334 e. The maximum atomic E-state index is 11.9. The van der Waals surface area contributed by atoms with Gasteiger partial charge >= 0.3 is 35.7 Å². The number of rotatable bonds is 4. The van der Waals surface area contributed by atoms with Gasteiger partial charge < -0.3 is 0 Å². The molecule has 2 fully saturated rings. The van der Waals surface area contributed by atoms with E-state index < -0.39 is 35.7 Å². The van der Waals surface area contributed by atoms with Crippen LogP contribution in [0.4, 0.5) is 9.59 Å². The highest BCUT2D eigenvalue weighted by Crippen LogP contribution is 2.17. The molecule has 0 spiro atoms. The molecule has 0 saturated carbocycles. The highest BCUT2D eigenvalue weighted by Gasteiger charge is 2.43. The van der Waals surface area contributed by atoms with E-state index in [-0.39, 0.29) is 13.1 Å². The van der Waals surface area contributed by atoms with Gasteiger partial charge in [-0.15, -0.1) is 0 Å². The lowest BCUT2D eigenvalue weighted by Gasteiger charge is -2.15. The standard InChI is InChI=1S/C16H14N4O6/c1-17-11(21)13(23)19(15(17)25)7-9-3-5-10(6-4-9)8-20-14(24)12(22)18(2)16(20)26/h3-6H,7-8H2,1-2H3. The van der Waals surface area contributed by atoms with Crippen molar-refractivity contribution >= 4 is 35.7 Å². The Balaban J connectivity index is 1.70. The second kappa shape index (κ2) is 6.06. The van der Waals surface area contributed by atoms with Crippen LogP contribution in [0.15, 0.2) is 24.3 Å². The molecule has 0 N–H and O–H groups in total. The lowest BCUT2D eigenvalue weighted by Crippen LogP contribution is -2.31. The summed E-state index contributed by atoms with van der Waals surface area (Å²) in [5.41, 5.74) is 1.18. The molecule has 2 aliphatic rings. The predicted octanol–water partition coefficient (Wildman–Crippen LogP) is -0.472. The first-order valence-corrected chi connectivity index (χ1v) is 7.57. The summed E-state index contributed by atoms with van der Waals surface area (Å²) in [6.45, 7) is -0.145. The van der Waals surface area contributed by atoms with Gasteiger partial charge in [0.05, 0.1) is 13.1 Å². The zero-order valence-corrected chi connectivity index (χ0v) is 14.0. The summed E-state index contributed by atoms with van der Waals surface area (Å²) in [6.07, 6.45) is 0. The topological polar surface area (TPSA) is 115 Å². The summed E-state index contributed by atoms with van der Waals surface area (Å²) in [6, 6.07) is 5.03. The molecule has 2 saturated heterocycles. The number of hydrogen-bond donors (Lipinski definition) is 0. The van der Waals surface area contributed by atoms with Gasteiger partial charge in [-0.05, 0) is 11.1 Å². The summed E-state index contributed by atoms with van der Waals surface area (Å²) in [4.78, 5) is 73.4. The van der Waals surface area contributed by atoms with Crippen molar-refractivity contribution in [2.24, 2.45) is 0 Å². The van der Waals surface area contributed by atoms with Gasteiger partial charge in [0.15, 0.2) is 0 Å². The van der Waals surface area contributed by atoms with Crippen molar-refractivity contribution in [3.63, 3.8) is 0 Å². The van der Waals surface area contributed by atoms with E-state index in [2.05, 4.69) is 0 Å². The number of hydrogen-bond acceptors (Lipinski definition) is 6. The summed E-state index contributed by atoms with van der Waals surface area (Å²) < 4.78 is 0. The van der Waals surface area contributed by atoms with Gasteiger partial charge in [-0.25, -0.2) is 9.59 Å². The Hall–Kier alpha value is -3.56. The molecular weight excluding hydrogens is 344 g/mol. The zero-order valence-electron chi connectivity index (χ0n) is 14.0. The van der Waals surface area contributed by atoms with Gasteiger partial charge in [-0.3, -0.25) is 38.8 Å². The molecule has 0 bridgehead atoms. The average molecular weight is 358 g/mol. The number of nitrogens with zero attached hydrogens (tertiary/aromatic N) is 4. The average Bonchev–Trinajstić information content (AvgIpc) is 2.93. The monoisotopic (exact) mass is 358 g/mol. The molecule has 0 aromatic heterocycles. The fourth-order valence-corrected chi connectivity index (χ4v) is 2.62. The Morgan fingerprint density at radius 1 is 0.577 bits per heavy atom. The van der Waals surface area contributed by atoms with Crippen LogP contribution in [-0.4, -0.2) is 69.4 Å². The van der Waals surface area contributed by atoms with Gasteiger partial charge in [-0.1, -0.05) is 24.3 Å². The molecule has 2 heterocycles. The van der Waals surface area contributed by atoms with Crippen LogP contribution >= 0.6 is 0 Å². The molecule has 8 amide bonds.